The Morgan fingerprint density at radius 1 is 0.941 bits per heavy atom. The summed E-state index contributed by atoms with van der Waals surface area (Å²) in [5.74, 6) is 0.685. The first kappa shape index (κ1) is 19.1. The standard InChI is InChI=1S/C10H21Cl.C4H8O2/c1-2-3-4-5-6-7-8-9-10-11;1-3-4(5)6-2/h2-10H2,1H3;3H2,1-2H3. The molecule has 0 spiro atoms. The molecule has 0 heterocycles. The van der Waals surface area contributed by atoms with Gasteiger partial charge in [0.15, 0.2) is 0 Å². The van der Waals surface area contributed by atoms with Crippen LogP contribution in [0.1, 0.15) is 71.6 Å². The van der Waals surface area contributed by atoms with Crippen LogP contribution in [0.3, 0.4) is 0 Å². The number of alkyl halides is 1. The van der Waals surface area contributed by atoms with Crippen molar-refractivity contribution in [3.05, 3.63) is 0 Å². The van der Waals surface area contributed by atoms with Crippen LogP contribution < -0.4 is 0 Å². The van der Waals surface area contributed by atoms with Gasteiger partial charge in [-0.1, -0.05) is 58.8 Å². The number of esters is 1. The van der Waals surface area contributed by atoms with E-state index in [1.165, 1.54) is 58.5 Å². The second-order valence-electron chi connectivity index (χ2n) is 4.09. The number of rotatable bonds is 9. The zero-order valence-electron chi connectivity index (χ0n) is 11.8. The van der Waals surface area contributed by atoms with Gasteiger partial charge in [-0.2, -0.15) is 0 Å². The fourth-order valence-corrected chi connectivity index (χ4v) is 1.56. The molecule has 0 radical (unpaired) electrons. The molecule has 0 amide bonds. The van der Waals surface area contributed by atoms with Crippen molar-refractivity contribution in [1.29, 1.82) is 0 Å². The number of halogens is 1. The molecule has 0 saturated heterocycles. The number of hydrogen-bond donors (Lipinski definition) is 0. The van der Waals surface area contributed by atoms with E-state index < -0.39 is 0 Å². The first-order valence-corrected chi connectivity index (χ1v) is 7.39. The molecule has 0 N–H and O–H groups in total. The Bertz CT molecular complexity index is 135. The van der Waals surface area contributed by atoms with Crippen LogP contribution in [0.5, 0.6) is 0 Å². The van der Waals surface area contributed by atoms with Gasteiger partial charge in [-0.05, 0) is 6.42 Å². The van der Waals surface area contributed by atoms with E-state index >= 15 is 0 Å². The Morgan fingerprint density at radius 3 is 1.71 bits per heavy atom. The van der Waals surface area contributed by atoms with Crippen LogP contribution in [0, 0.1) is 0 Å². The molecule has 0 saturated carbocycles. The van der Waals surface area contributed by atoms with E-state index in [9.17, 15) is 4.79 Å². The first-order valence-electron chi connectivity index (χ1n) is 6.85. The van der Waals surface area contributed by atoms with Crippen molar-refractivity contribution in [1.82, 2.24) is 0 Å². The Kier molecular flexibility index (Phi) is 20.4. The van der Waals surface area contributed by atoms with Crippen LogP contribution in [-0.2, 0) is 9.53 Å². The van der Waals surface area contributed by atoms with Gasteiger partial charge in [0.2, 0.25) is 0 Å². The Morgan fingerprint density at radius 2 is 1.41 bits per heavy atom. The molecule has 2 nitrogen and oxygen atoms in total. The third-order valence-electron chi connectivity index (χ3n) is 2.50. The molecule has 0 aliphatic carbocycles. The lowest BCUT2D eigenvalue weighted by Crippen LogP contribution is -1.94. The highest BCUT2D eigenvalue weighted by Crippen LogP contribution is 2.08. The van der Waals surface area contributed by atoms with E-state index in [1.807, 2.05) is 0 Å². The summed E-state index contributed by atoms with van der Waals surface area (Å²) in [6, 6.07) is 0. The van der Waals surface area contributed by atoms with Gasteiger partial charge in [0.1, 0.15) is 0 Å². The van der Waals surface area contributed by atoms with Crippen molar-refractivity contribution in [3.63, 3.8) is 0 Å². The predicted molar refractivity (Wildman–Crippen MR) is 75.6 cm³/mol. The minimum Gasteiger partial charge on any atom is -0.469 e. The second-order valence-corrected chi connectivity index (χ2v) is 4.47. The quantitative estimate of drug-likeness (QED) is 0.335. The minimum absolute atomic E-state index is 0.157. The molecule has 0 aliphatic heterocycles. The van der Waals surface area contributed by atoms with Crippen molar-refractivity contribution in [3.8, 4) is 0 Å². The molecule has 0 unspecified atom stereocenters. The van der Waals surface area contributed by atoms with Gasteiger partial charge in [-0.25, -0.2) is 0 Å². The number of unbranched alkanes of at least 4 members (excludes halogenated alkanes) is 7. The molecule has 104 valence electrons. The summed E-state index contributed by atoms with van der Waals surface area (Å²) in [5, 5.41) is 0. The summed E-state index contributed by atoms with van der Waals surface area (Å²) >= 11 is 5.56. The molecule has 0 rings (SSSR count). The molecule has 0 fully saturated rings. The molecule has 17 heavy (non-hydrogen) atoms. The molecule has 0 aromatic carbocycles. The van der Waals surface area contributed by atoms with Gasteiger partial charge in [-0.3, -0.25) is 4.79 Å². The first-order chi connectivity index (χ1) is 8.22. The summed E-state index contributed by atoms with van der Waals surface area (Å²) in [4.78, 5) is 9.96. The maximum absolute atomic E-state index is 9.96. The highest BCUT2D eigenvalue weighted by Gasteiger charge is 1.89. The van der Waals surface area contributed by atoms with Gasteiger partial charge in [-0.15, -0.1) is 11.6 Å². The highest BCUT2D eigenvalue weighted by molar-refractivity contribution is 6.17. The average molecular weight is 265 g/mol. The van der Waals surface area contributed by atoms with Crippen LogP contribution in [0.15, 0.2) is 0 Å². The van der Waals surface area contributed by atoms with Crippen molar-refractivity contribution in [2.24, 2.45) is 0 Å². The Balaban J connectivity index is 0. The Hall–Kier alpha value is -0.240. The van der Waals surface area contributed by atoms with Crippen LogP contribution in [0.25, 0.3) is 0 Å². The zero-order chi connectivity index (χ0) is 13.4. The van der Waals surface area contributed by atoms with Crippen LogP contribution in [0.2, 0.25) is 0 Å². The third kappa shape index (κ3) is 21.6. The summed E-state index contributed by atoms with van der Waals surface area (Å²) in [6.45, 7) is 4.01. The van der Waals surface area contributed by atoms with E-state index in [0.717, 1.165) is 5.88 Å². The zero-order valence-corrected chi connectivity index (χ0v) is 12.5. The van der Waals surface area contributed by atoms with Crippen LogP contribution in [0.4, 0.5) is 0 Å². The van der Waals surface area contributed by atoms with E-state index in [1.54, 1.807) is 6.92 Å². The monoisotopic (exact) mass is 264 g/mol. The fraction of sp³-hybridized carbons (Fsp3) is 0.929. The van der Waals surface area contributed by atoms with Gasteiger partial charge in [0.05, 0.1) is 7.11 Å². The van der Waals surface area contributed by atoms with E-state index in [-0.39, 0.29) is 5.97 Å². The topological polar surface area (TPSA) is 26.3 Å². The van der Waals surface area contributed by atoms with Crippen molar-refractivity contribution in [2.75, 3.05) is 13.0 Å². The summed E-state index contributed by atoms with van der Waals surface area (Å²) in [6.07, 6.45) is 11.4. The average Bonchev–Trinajstić information content (AvgIpc) is 2.37. The molecule has 0 aromatic heterocycles. The van der Waals surface area contributed by atoms with E-state index in [0.29, 0.717) is 6.42 Å². The van der Waals surface area contributed by atoms with Crippen LogP contribution >= 0.6 is 11.6 Å². The fourth-order valence-electron chi connectivity index (χ4n) is 1.37. The number of methoxy groups -OCH3 is 1. The number of ether oxygens (including phenoxy) is 1. The van der Waals surface area contributed by atoms with Crippen molar-refractivity contribution < 1.29 is 9.53 Å². The molecular weight excluding hydrogens is 236 g/mol. The van der Waals surface area contributed by atoms with Gasteiger partial charge in [0.25, 0.3) is 0 Å². The maximum Gasteiger partial charge on any atom is 0.305 e. The molecule has 0 aliphatic rings. The normalized spacial score (nSPS) is 9.41. The summed E-state index contributed by atoms with van der Waals surface area (Å²) in [7, 11) is 1.38. The predicted octanol–water partition coefficient (Wildman–Crippen LogP) is 4.94. The lowest BCUT2D eigenvalue weighted by molar-refractivity contribution is -0.140. The minimum atomic E-state index is -0.157. The third-order valence-corrected chi connectivity index (χ3v) is 2.77. The molecule has 0 atom stereocenters. The summed E-state index contributed by atoms with van der Waals surface area (Å²) in [5.41, 5.74) is 0. The molecular formula is C14H29ClO2. The maximum atomic E-state index is 9.96. The molecule has 0 bridgehead atoms. The highest BCUT2D eigenvalue weighted by atomic mass is 35.5. The largest absolute Gasteiger partial charge is 0.469 e. The van der Waals surface area contributed by atoms with Gasteiger partial charge in [0, 0.05) is 12.3 Å². The Labute approximate surface area is 112 Å². The number of carbonyl (C=O) groups excluding carboxylic acids is 1. The number of hydrogen-bond acceptors (Lipinski definition) is 2. The summed E-state index contributed by atoms with van der Waals surface area (Å²) < 4.78 is 4.26. The molecule has 0 aromatic rings. The van der Waals surface area contributed by atoms with Crippen molar-refractivity contribution >= 4 is 17.6 Å². The van der Waals surface area contributed by atoms with E-state index in [2.05, 4.69) is 11.7 Å². The lowest BCUT2D eigenvalue weighted by atomic mass is 10.1. The number of carbonyl (C=O) groups is 1. The van der Waals surface area contributed by atoms with Crippen molar-refractivity contribution in [2.45, 2.75) is 71.6 Å². The smallest absolute Gasteiger partial charge is 0.305 e. The van der Waals surface area contributed by atoms with E-state index in [4.69, 9.17) is 11.6 Å². The lowest BCUT2D eigenvalue weighted by Gasteiger charge is -1.98. The molecule has 3 heteroatoms. The van der Waals surface area contributed by atoms with Gasteiger partial charge < -0.3 is 4.74 Å². The second kappa shape index (κ2) is 18.1. The van der Waals surface area contributed by atoms with Gasteiger partial charge >= 0.3 is 5.97 Å². The van der Waals surface area contributed by atoms with Crippen LogP contribution in [-0.4, -0.2) is 19.0 Å². The SMILES string of the molecule is CCC(=O)OC.CCCCCCCCCCCl.